The number of carbonyl (C=O) groups excluding carboxylic acids is 2. The normalized spacial score (nSPS) is 17.1. The lowest BCUT2D eigenvalue weighted by atomic mass is 10.0. The summed E-state index contributed by atoms with van der Waals surface area (Å²) in [6.45, 7) is 6.66. The third-order valence-electron chi connectivity index (χ3n) is 4.93. The van der Waals surface area contributed by atoms with E-state index in [0.717, 1.165) is 24.1 Å². The first-order valence-corrected chi connectivity index (χ1v) is 10.1. The standard InChI is InChI=1S/C22H30N4O3/c1-22(2,3)29-21(28)26-12-8-11-17(15-26)24-20(27)18-14-23-25(4)19(18)13-16-9-6-5-7-10-16/h5-7,9-10,14,17H,8,11-13,15H2,1-4H3,(H,24,27). The van der Waals surface area contributed by atoms with Gasteiger partial charge < -0.3 is 15.0 Å². The number of nitrogens with zero attached hydrogens (tertiary/aromatic N) is 3. The first kappa shape index (κ1) is 20.9. The molecule has 2 aromatic rings. The number of nitrogens with one attached hydrogen (secondary N) is 1. The highest BCUT2D eigenvalue weighted by atomic mass is 16.6. The summed E-state index contributed by atoms with van der Waals surface area (Å²) in [5.41, 5.74) is 2.04. The molecule has 1 aromatic carbocycles. The van der Waals surface area contributed by atoms with Gasteiger partial charge in [0.2, 0.25) is 0 Å². The van der Waals surface area contributed by atoms with Gasteiger partial charge in [0.1, 0.15) is 5.60 Å². The molecule has 0 radical (unpaired) electrons. The van der Waals surface area contributed by atoms with Crippen LogP contribution in [0.1, 0.15) is 55.2 Å². The number of carbonyl (C=O) groups is 2. The molecule has 2 amide bonds. The van der Waals surface area contributed by atoms with Gasteiger partial charge in [-0.15, -0.1) is 0 Å². The van der Waals surface area contributed by atoms with E-state index in [4.69, 9.17) is 4.74 Å². The lowest BCUT2D eigenvalue weighted by Crippen LogP contribution is -2.50. The van der Waals surface area contributed by atoms with Crippen LogP contribution >= 0.6 is 0 Å². The summed E-state index contributed by atoms with van der Waals surface area (Å²) in [7, 11) is 1.85. The molecule has 1 aliphatic heterocycles. The molecule has 3 rings (SSSR count). The number of piperidine rings is 1. The molecule has 7 nitrogen and oxygen atoms in total. The summed E-state index contributed by atoms with van der Waals surface area (Å²) in [4.78, 5) is 27.0. The number of hydrogen-bond donors (Lipinski definition) is 1. The van der Waals surface area contributed by atoms with Crippen LogP contribution in [0.15, 0.2) is 36.5 Å². The largest absolute Gasteiger partial charge is 0.444 e. The highest BCUT2D eigenvalue weighted by Crippen LogP contribution is 2.18. The van der Waals surface area contributed by atoms with Gasteiger partial charge >= 0.3 is 6.09 Å². The lowest BCUT2D eigenvalue weighted by molar-refractivity contribution is 0.0185. The molecule has 0 aliphatic carbocycles. The van der Waals surface area contributed by atoms with Gasteiger partial charge in [0.05, 0.1) is 17.5 Å². The highest BCUT2D eigenvalue weighted by Gasteiger charge is 2.29. The van der Waals surface area contributed by atoms with E-state index in [1.54, 1.807) is 15.8 Å². The van der Waals surface area contributed by atoms with Crippen LogP contribution in [0.4, 0.5) is 4.79 Å². The van der Waals surface area contributed by atoms with Crippen molar-refractivity contribution in [3.63, 3.8) is 0 Å². The van der Waals surface area contributed by atoms with Gasteiger partial charge in [0, 0.05) is 32.6 Å². The van der Waals surface area contributed by atoms with Crippen molar-refractivity contribution in [2.75, 3.05) is 13.1 Å². The van der Waals surface area contributed by atoms with Crippen LogP contribution < -0.4 is 5.32 Å². The zero-order valence-corrected chi connectivity index (χ0v) is 17.6. The van der Waals surface area contributed by atoms with Gasteiger partial charge in [-0.1, -0.05) is 30.3 Å². The van der Waals surface area contributed by atoms with E-state index in [9.17, 15) is 9.59 Å². The third-order valence-corrected chi connectivity index (χ3v) is 4.93. The average Bonchev–Trinajstić information content (AvgIpc) is 3.02. The summed E-state index contributed by atoms with van der Waals surface area (Å²) < 4.78 is 7.21. The Bertz CT molecular complexity index is 855. The molecule has 1 saturated heterocycles. The zero-order valence-electron chi connectivity index (χ0n) is 17.6. The van der Waals surface area contributed by atoms with E-state index < -0.39 is 5.60 Å². The summed E-state index contributed by atoms with van der Waals surface area (Å²) in [6, 6.07) is 9.91. The van der Waals surface area contributed by atoms with Crippen molar-refractivity contribution in [1.29, 1.82) is 0 Å². The van der Waals surface area contributed by atoms with Crippen LogP contribution in [0, 0.1) is 0 Å². The Balaban J connectivity index is 1.65. The van der Waals surface area contributed by atoms with Crippen LogP contribution in [0.2, 0.25) is 0 Å². The second-order valence-corrected chi connectivity index (χ2v) is 8.53. The van der Waals surface area contributed by atoms with Gasteiger partial charge in [0.25, 0.3) is 5.91 Å². The van der Waals surface area contributed by atoms with E-state index in [0.29, 0.717) is 25.1 Å². The second-order valence-electron chi connectivity index (χ2n) is 8.53. The molecular formula is C22H30N4O3. The fourth-order valence-electron chi connectivity index (χ4n) is 3.50. The molecular weight excluding hydrogens is 368 g/mol. The average molecular weight is 399 g/mol. The maximum atomic E-state index is 12.9. The molecule has 1 N–H and O–H groups in total. The van der Waals surface area contributed by atoms with Crippen molar-refractivity contribution >= 4 is 12.0 Å². The number of ether oxygens (including phenoxy) is 1. The Morgan fingerprint density at radius 2 is 1.97 bits per heavy atom. The van der Waals surface area contributed by atoms with Gasteiger partial charge in [-0.2, -0.15) is 5.10 Å². The summed E-state index contributed by atoms with van der Waals surface area (Å²) in [5, 5.41) is 7.36. The summed E-state index contributed by atoms with van der Waals surface area (Å²) in [5.74, 6) is -0.153. The van der Waals surface area contributed by atoms with Crippen LogP contribution in [-0.2, 0) is 18.2 Å². The SMILES string of the molecule is Cn1ncc(C(=O)NC2CCCN(C(=O)OC(C)(C)C)C2)c1Cc1ccccc1. The number of aryl methyl sites for hydroxylation is 1. The minimum Gasteiger partial charge on any atom is -0.444 e. The molecule has 1 aromatic heterocycles. The maximum Gasteiger partial charge on any atom is 0.410 e. The zero-order chi connectivity index (χ0) is 21.0. The third kappa shape index (κ3) is 5.59. The first-order valence-electron chi connectivity index (χ1n) is 10.1. The molecule has 7 heteroatoms. The minimum absolute atomic E-state index is 0.103. The summed E-state index contributed by atoms with van der Waals surface area (Å²) in [6.07, 6.45) is 3.58. The number of hydrogen-bond acceptors (Lipinski definition) is 4. The van der Waals surface area contributed by atoms with Crippen molar-refractivity contribution in [3.8, 4) is 0 Å². The lowest BCUT2D eigenvalue weighted by Gasteiger charge is -2.34. The van der Waals surface area contributed by atoms with Crippen molar-refractivity contribution in [2.45, 2.75) is 51.7 Å². The Morgan fingerprint density at radius 1 is 1.24 bits per heavy atom. The molecule has 156 valence electrons. The van der Waals surface area contributed by atoms with Crippen molar-refractivity contribution in [3.05, 3.63) is 53.3 Å². The molecule has 1 atom stereocenters. The van der Waals surface area contributed by atoms with E-state index in [1.807, 2.05) is 58.2 Å². The molecule has 0 saturated carbocycles. The molecule has 0 spiro atoms. The van der Waals surface area contributed by atoms with Crippen LogP contribution in [-0.4, -0.2) is 51.4 Å². The van der Waals surface area contributed by atoms with Crippen molar-refractivity contribution in [2.24, 2.45) is 7.05 Å². The van der Waals surface area contributed by atoms with Crippen molar-refractivity contribution < 1.29 is 14.3 Å². The number of likely N-dealkylation sites (tertiary alicyclic amines) is 1. The number of rotatable bonds is 4. The van der Waals surface area contributed by atoms with E-state index in [2.05, 4.69) is 10.4 Å². The molecule has 2 heterocycles. The first-order chi connectivity index (χ1) is 13.7. The van der Waals surface area contributed by atoms with Crippen LogP contribution in [0.3, 0.4) is 0 Å². The molecule has 1 fully saturated rings. The molecule has 1 aliphatic rings. The minimum atomic E-state index is -0.532. The predicted molar refractivity (Wildman–Crippen MR) is 111 cm³/mol. The Hall–Kier alpha value is -2.83. The number of benzene rings is 1. The topological polar surface area (TPSA) is 76.5 Å². The number of aromatic nitrogens is 2. The fourth-order valence-corrected chi connectivity index (χ4v) is 3.50. The van der Waals surface area contributed by atoms with Gasteiger partial charge in [-0.25, -0.2) is 4.79 Å². The van der Waals surface area contributed by atoms with Crippen molar-refractivity contribution in [1.82, 2.24) is 20.0 Å². The smallest absolute Gasteiger partial charge is 0.410 e. The van der Waals surface area contributed by atoms with E-state index in [1.165, 1.54) is 0 Å². The number of amides is 2. The highest BCUT2D eigenvalue weighted by molar-refractivity contribution is 5.95. The fraction of sp³-hybridized carbons (Fsp3) is 0.500. The Morgan fingerprint density at radius 3 is 2.66 bits per heavy atom. The molecule has 1 unspecified atom stereocenters. The quantitative estimate of drug-likeness (QED) is 0.858. The van der Waals surface area contributed by atoms with E-state index in [-0.39, 0.29) is 18.0 Å². The Kier molecular flexibility index (Phi) is 6.25. The van der Waals surface area contributed by atoms with Gasteiger partial charge in [0.15, 0.2) is 0 Å². The maximum absolute atomic E-state index is 12.9. The monoisotopic (exact) mass is 398 g/mol. The second kappa shape index (κ2) is 8.68. The predicted octanol–water partition coefficient (Wildman–Crippen LogP) is 3.14. The Labute approximate surface area is 172 Å². The van der Waals surface area contributed by atoms with Gasteiger partial charge in [-0.05, 0) is 39.2 Å². The van der Waals surface area contributed by atoms with Crippen LogP contribution in [0.25, 0.3) is 0 Å². The molecule has 0 bridgehead atoms. The summed E-state index contributed by atoms with van der Waals surface area (Å²) >= 11 is 0. The molecule has 29 heavy (non-hydrogen) atoms. The van der Waals surface area contributed by atoms with Crippen LogP contribution in [0.5, 0.6) is 0 Å². The van der Waals surface area contributed by atoms with Gasteiger partial charge in [-0.3, -0.25) is 9.48 Å². The van der Waals surface area contributed by atoms with E-state index >= 15 is 0 Å².